The third-order valence-electron chi connectivity index (χ3n) is 6.82. The quantitative estimate of drug-likeness (QED) is 0.366. The standard InChI is InChI=1S/C29H33F3N4O3/c1-4-36-19(2)24-17-23(26(38-3)18-34-24)21-15-20-9-8-13-33-27(20)25(16-21)39-14-7-5-6-10-22(35-28(36)37)11-12-29(30,31)32/h5-6,8-9,13,15-19,22H,4,7,10-12,14H2,1-3H3,(H,35,37)/b6-5+/t19-,22-/m1/s1. The summed E-state index contributed by atoms with van der Waals surface area (Å²) in [6, 6.07) is 8.06. The molecule has 1 N–H and O–H groups in total. The molecule has 7 nitrogen and oxygen atoms in total. The Bertz CT molecular complexity index is 1330. The Labute approximate surface area is 226 Å². The first kappa shape index (κ1) is 28.2. The fraction of sp³-hybridized carbons (Fsp3) is 0.414. The third-order valence-corrected chi connectivity index (χ3v) is 6.82. The average Bonchev–Trinajstić information content (AvgIpc) is 2.92. The van der Waals surface area contributed by atoms with Crippen molar-refractivity contribution in [2.24, 2.45) is 0 Å². The number of hydrogen-bond acceptors (Lipinski definition) is 5. The van der Waals surface area contributed by atoms with Crippen LogP contribution in [-0.2, 0) is 0 Å². The third kappa shape index (κ3) is 6.99. The molecule has 2 aromatic heterocycles. The number of alkyl halides is 3. The highest BCUT2D eigenvalue weighted by Crippen LogP contribution is 2.37. The lowest BCUT2D eigenvalue weighted by Gasteiger charge is -2.30. The molecule has 0 spiro atoms. The molecule has 0 saturated heterocycles. The van der Waals surface area contributed by atoms with E-state index in [0.29, 0.717) is 36.8 Å². The van der Waals surface area contributed by atoms with Crippen LogP contribution in [-0.4, -0.2) is 53.4 Å². The summed E-state index contributed by atoms with van der Waals surface area (Å²) in [6.07, 6.45) is 2.31. The minimum absolute atomic E-state index is 0.212. The molecule has 2 amide bonds. The molecule has 4 bridgehead atoms. The number of nitrogens with one attached hydrogen (secondary N) is 1. The van der Waals surface area contributed by atoms with E-state index in [1.54, 1.807) is 30.5 Å². The van der Waals surface area contributed by atoms with Gasteiger partial charge in [0.15, 0.2) is 0 Å². The van der Waals surface area contributed by atoms with E-state index >= 15 is 0 Å². The van der Waals surface area contributed by atoms with E-state index in [1.807, 2.05) is 50.3 Å². The van der Waals surface area contributed by atoms with Crippen LogP contribution in [0.4, 0.5) is 18.0 Å². The highest BCUT2D eigenvalue weighted by Gasteiger charge is 2.30. The van der Waals surface area contributed by atoms with Crippen molar-refractivity contribution in [2.45, 2.75) is 57.8 Å². The second kappa shape index (κ2) is 12.4. The number of halogens is 3. The highest BCUT2D eigenvalue weighted by atomic mass is 19.4. The molecule has 1 aliphatic rings. The minimum Gasteiger partial charge on any atom is -0.494 e. The van der Waals surface area contributed by atoms with Crippen molar-refractivity contribution in [3.8, 4) is 22.6 Å². The number of methoxy groups -OCH3 is 1. The predicted molar refractivity (Wildman–Crippen MR) is 144 cm³/mol. The van der Waals surface area contributed by atoms with Crippen molar-refractivity contribution in [3.05, 3.63) is 60.6 Å². The van der Waals surface area contributed by atoms with Crippen LogP contribution in [0.15, 0.2) is 54.9 Å². The lowest BCUT2D eigenvalue weighted by atomic mass is 10.0. The smallest absolute Gasteiger partial charge is 0.389 e. The fourth-order valence-corrected chi connectivity index (χ4v) is 4.71. The Morgan fingerprint density at radius 1 is 1.21 bits per heavy atom. The Kier molecular flexibility index (Phi) is 8.93. The van der Waals surface area contributed by atoms with Crippen molar-refractivity contribution in [1.82, 2.24) is 20.2 Å². The predicted octanol–water partition coefficient (Wildman–Crippen LogP) is 6.84. The van der Waals surface area contributed by atoms with Crippen LogP contribution < -0.4 is 14.8 Å². The van der Waals surface area contributed by atoms with Gasteiger partial charge in [-0.05, 0) is 62.9 Å². The summed E-state index contributed by atoms with van der Waals surface area (Å²) in [4.78, 5) is 23.9. The van der Waals surface area contributed by atoms with Crippen molar-refractivity contribution in [1.29, 1.82) is 0 Å². The van der Waals surface area contributed by atoms with Crippen LogP contribution in [0.2, 0.25) is 0 Å². The van der Waals surface area contributed by atoms with E-state index in [2.05, 4.69) is 15.3 Å². The monoisotopic (exact) mass is 542 g/mol. The molecule has 10 heteroatoms. The number of carbonyl (C=O) groups is 1. The van der Waals surface area contributed by atoms with E-state index < -0.39 is 30.7 Å². The summed E-state index contributed by atoms with van der Waals surface area (Å²) in [7, 11) is 1.57. The van der Waals surface area contributed by atoms with Gasteiger partial charge in [0.05, 0.1) is 31.6 Å². The molecule has 0 radical (unpaired) electrons. The summed E-state index contributed by atoms with van der Waals surface area (Å²) >= 11 is 0. The van der Waals surface area contributed by atoms with Gasteiger partial charge in [-0.3, -0.25) is 9.97 Å². The van der Waals surface area contributed by atoms with Gasteiger partial charge in [0, 0.05) is 36.2 Å². The van der Waals surface area contributed by atoms with Crippen LogP contribution in [0.5, 0.6) is 11.5 Å². The van der Waals surface area contributed by atoms with Gasteiger partial charge in [0.25, 0.3) is 0 Å². The number of carbonyl (C=O) groups excluding carboxylic acids is 1. The SMILES string of the molecule is CCN1C(=O)N[C@@H](CCC(F)(F)F)C/C=C/CCOc2cc(cc3cccnc23)-c2cc(ncc2OC)[C@H]1C. The maximum absolute atomic E-state index is 13.3. The summed E-state index contributed by atoms with van der Waals surface area (Å²) < 4.78 is 50.7. The number of urea groups is 1. The summed E-state index contributed by atoms with van der Waals surface area (Å²) in [6.45, 7) is 4.37. The van der Waals surface area contributed by atoms with E-state index in [9.17, 15) is 18.0 Å². The van der Waals surface area contributed by atoms with Crippen LogP contribution in [0.1, 0.15) is 51.3 Å². The van der Waals surface area contributed by atoms with Crippen LogP contribution >= 0.6 is 0 Å². The number of rotatable bonds is 4. The molecule has 39 heavy (non-hydrogen) atoms. The number of pyridine rings is 2. The number of fused-ring (bicyclic) bond motifs is 7. The van der Waals surface area contributed by atoms with Gasteiger partial charge >= 0.3 is 12.2 Å². The maximum atomic E-state index is 13.3. The van der Waals surface area contributed by atoms with Gasteiger partial charge in [-0.15, -0.1) is 0 Å². The van der Waals surface area contributed by atoms with Crippen molar-refractivity contribution in [2.75, 3.05) is 20.3 Å². The maximum Gasteiger partial charge on any atom is 0.389 e. The zero-order chi connectivity index (χ0) is 28.0. The topological polar surface area (TPSA) is 76.6 Å². The minimum atomic E-state index is -4.30. The second-order valence-electron chi connectivity index (χ2n) is 9.47. The lowest BCUT2D eigenvalue weighted by molar-refractivity contribution is -0.136. The number of benzene rings is 1. The molecule has 208 valence electrons. The zero-order valence-electron chi connectivity index (χ0n) is 22.3. The van der Waals surface area contributed by atoms with Gasteiger partial charge < -0.3 is 19.7 Å². The van der Waals surface area contributed by atoms with Crippen molar-refractivity contribution >= 4 is 16.9 Å². The Balaban J connectivity index is 1.77. The Hall–Kier alpha value is -3.82. The Morgan fingerprint density at radius 3 is 2.77 bits per heavy atom. The Morgan fingerprint density at radius 2 is 2.03 bits per heavy atom. The van der Waals surface area contributed by atoms with Gasteiger partial charge in [0.2, 0.25) is 0 Å². The molecule has 1 aromatic carbocycles. The molecular formula is C29H33F3N4O3. The number of amides is 2. The first-order valence-electron chi connectivity index (χ1n) is 13.0. The van der Waals surface area contributed by atoms with E-state index in [1.165, 1.54) is 0 Å². The number of aromatic nitrogens is 2. The van der Waals surface area contributed by atoms with Gasteiger partial charge in [-0.25, -0.2) is 4.79 Å². The molecule has 3 aromatic rings. The molecule has 1 aliphatic heterocycles. The number of hydrogen-bond donors (Lipinski definition) is 1. The number of ether oxygens (including phenoxy) is 2. The normalized spacial score (nSPS) is 19.6. The molecule has 4 rings (SSSR count). The van der Waals surface area contributed by atoms with Crippen LogP contribution in [0.3, 0.4) is 0 Å². The molecule has 0 aliphatic carbocycles. The molecule has 0 saturated carbocycles. The van der Waals surface area contributed by atoms with E-state index in [4.69, 9.17) is 9.47 Å². The van der Waals surface area contributed by atoms with Gasteiger partial charge in [-0.2, -0.15) is 13.2 Å². The molecule has 2 atom stereocenters. The second-order valence-corrected chi connectivity index (χ2v) is 9.47. The highest BCUT2D eigenvalue weighted by molar-refractivity contribution is 5.90. The van der Waals surface area contributed by atoms with Crippen molar-refractivity contribution < 1.29 is 27.4 Å². The van der Waals surface area contributed by atoms with Crippen molar-refractivity contribution in [3.63, 3.8) is 0 Å². The fourth-order valence-electron chi connectivity index (χ4n) is 4.71. The summed E-state index contributed by atoms with van der Waals surface area (Å²) in [5.74, 6) is 1.17. The average molecular weight is 543 g/mol. The van der Waals surface area contributed by atoms with Gasteiger partial charge in [-0.1, -0.05) is 18.2 Å². The molecular weight excluding hydrogens is 509 g/mol. The first-order chi connectivity index (χ1) is 18.7. The van der Waals surface area contributed by atoms with E-state index in [0.717, 1.165) is 22.0 Å². The molecule has 3 heterocycles. The van der Waals surface area contributed by atoms with E-state index in [-0.39, 0.29) is 12.8 Å². The number of nitrogens with zero attached hydrogens (tertiary/aromatic N) is 3. The zero-order valence-corrected chi connectivity index (χ0v) is 22.3. The van der Waals surface area contributed by atoms with Crippen LogP contribution in [0, 0.1) is 0 Å². The molecule has 0 unspecified atom stereocenters. The van der Waals surface area contributed by atoms with Crippen LogP contribution in [0.25, 0.3) is 22.0 Å². The first-order valence-corrected chi connectivity index (χ1v) is 13.0. The lowest BCUT2D eigenvalue weighted by Crippen LogP contribution is -2.46. The largest absolute Gasteiger partial charge is 0.494 e. The summed E-state index contributed by atoms with van der Waals surface area (Å²) in [5, 5.41) is 3.71. The summed E-state index contributed by atoms with van der Waals surface area (Å²) in [5.41, 5.74) is 2.96. The molecule has 0 fully saturated rings. The van der Waals surface area contributed by atoms with Gasteiger partial charge in [0.1, 0.15) is 17.0 Å².